The molecule has 1 aromatic rings. The molecule has 1 saturated heterocycles. The van der Waals surface area contributed by atoms with Crippen LogP contribution in [0.25, 0.3) is 0 Å². The molecule has 0 spiro atoms. The van der Waals surface area contributed by atoms with Crippen molar-refractivity contribution >= 4 is 11.8 Å². The van der Waals surface area contributed by atoms with Gasteiger partial charge in [0.05, 0.1) is 25.8 Å². The van der Waals surface area contributed by atoms with Crippen molar-refractivity contribution in [3.8, 4) is 5.75 Å². The molecule has 0 aromatic heterocycles. The van der Waals surface area contributed by atoms with Crippen LogP contribution < -0.4 is 15.4 Å². The van der Waals surface area contributed by atoms with E-state index in [1.54, 1.807) is 7.11 Å². The van der Waals surface area contributed by atoms with Crippen LogP contribution in [-0.2, 0) is 14.3 Å². The minimum absolute atomic E-state index is 0.0209. The van der Waals surface area contributed by atoms with E-state index in [1.165, 1.54) is 0 Å². The minimum Gasteiger partial charge on any atom is -0.497 e. The van der Waals surface area contributed by atoms with Crippen molar-refractivity contribution in [3.63, 3.8) is 0 Å². The van der Waals surface area contributed by atoms with Crippen LogP contribution in [0.2, 0.25) is 0 Å². The van der Waals surface area contributed by atoms with Gasteiger partial charge in [0.25, 0.3) is 0 Å². The third-order valence-electron chi connectivity index (χ3n) is 5.86. The molecule has 32 heavy (non-hydrogen) atoms. The van der Waals surface area contributed by atoms with Crippen LogP contribution in [0.3, 0.4) is 0 Å². The predicted octanol–water partition coefficient (Wildman–Crippen LogP) is 3.15. The average Bonchev–Trinajstić information content (AvgIpc) is 2.77. The SMILES string of the molecule is COc1ccc([C@@H](NC(=O)CN2CCC(C(=O)NCCCOC(C)C)CC2)C(C)C)cc1. The first-order valence-corrected chi connectivity index (χ1v) is 11.8. The van der Waals surface area contributed by atoms with Crippen molar-refractivity contribution in [1.29, 1.82) is 0 Å². The Kier molecular flexibility index (Phi) is 11.0. The molecule has 0 unspecified atom stereocenters. The van der Waals surface area contributed by atoms with Crippen LogP contribution in [0.4, 0.5) is 0 Å². The number of nitrogens with zero attached hydrogens (tertiary/aromatic N) is 1. The van der Waals surface area contributed by atoms with E-state index in [1.807, 2.05) is 38.1 Å². The normalized spacial score (nSPS) is 16.2. The van der Waals surface area contributed by atoms with Gasteiger partial charge in [-0.15, -0.1) is 0 Å². The molecule has 0 aliphatic carbocycles. The number of amides is 2. The third kappa shape index (κ3) is 8.79. The van der Waals surface area contributed by atoms with E-state index in [4.69, 9.17) is 9.47 Å². The quantitative estimate of drug-likeness (QED) is 0.481. The Morgan fingerprint density at radius 3 is 2.31 bits per heavy atom. The highest BCUT2D eigenvalue weighted by Gasteiger charge is 2.26. The maximum atomic E-state index is 12.7. The highest BCUT2D eigenvalue weighted by Crippen LogP contribution is 2.24. The van der Waals surface area contributed by atoms with Crippen LogP contribution in [0.15, 0.2) is 24.3 Å². The van der Waals surface area contributed by atoms with Crippen LogP contribution in [0.1, 0.15) is 58.6 Å². The summed E-state index contributed by atoms with van der Waals surface area (Å²) in [5, 5.41) is 6.21. The smallest absolute Gasteiger partial charge is 0.234 e. The third-order valence-corrected chi connectivity index (χ3v) is 5.86. The number of benzene rings is 1. The lowest BCUT2D eigenvalue weighted by atomic mass is 9.95. The van der Waals surface area contributed by atoms with Gasteiger partial charge in [-0.25, -0.2) is 0 Å². The molecule has 1 aliphatic heterocycles. The molecule has 2 N–H and O–H groups in total. The van der Waals surface area contributed by atoms with Gasteiger partial charge in [-0.05, 0) is 69.8 Å². The van der Waals surface area contributed by atoms with Crippen molar-refractivity contribution in [2.24, 2.45) is 11.8 Å². The molecule has 7 nitrogen and oxygen atoms in total. The Morgan fingerprint density at radius 1 is 1.09 bits per heavy atom. The lowest BCUT2D eigenvalue weighted by molar-refractivity contribution is -0.127. The number of likely N-dealkylation sites (tertiary alicyclic amines) is 1. The van der Waals surface area contributed by atoms with Gasteiger partial charge >= 0.3 is 0 Å². The number of hydrogen-bond acceptors (Lipinski definition) is 5. The molecule has 1 fully saturated rings. The van der Waals surface area contributed by atoms with Gasteiger partial charge in [-0.1, -0.05) is 26.0 Å². The van der Waals surface area contributed by atoms with Crippen molar-refractivity contribution in [1.82, 2.24) is 15.5 Å². The molecule has 7 heteroatoms. The van der Waals surface area contributed by atoms with Crippen molar-refractivity contribution in [2.75, 3.05) is 39.9 Å². The first-order valence-electron chi connectivity index (χ1n) is 11.8. The maximum absolute atomic E-state index is 12.7. The predicted molar refractivity (Wildman–Crippen MR) is 127 cm³/mol. The van der Waals surface area contributed by atoms with Gasteiger partial charge < -0.3 is 20.1 Å². The van der Waals surface area contributed by atoms with E-state index in [9.17, 15) is 9.59 Å². The van der Waals surface area contributed by atoms with Crippen molar-refractivity contribution < 1.29 is 19.1 Å². The van der Waals surface area contributed by atoms with Crippen LogP contribution >= 0.6 is 0 Å². The summed E-state index contributed by atoms with van der Waals surface area (Å²) in [5.41, 5.74) is 1.07. The summed E-state index contributed by atoms with van der Waals surface area (Å²) in [6.45, 7) is 11.4. The molecule has 2 amide bonds. The van der Waals surface area contributed by atoms with Gasteiger partial charge in [-0.3, -0.25) is 14.5 Å². The number of ether oxygens (including phenoxy) is 2. The second-order valence-electron chi connectivity index (χ2n) is 9.18. The number of hydrogen-bond donors (Lipinski definition) is 2. The van der Waals surface area contributed by atoms with Gasteiger partial charge in [0, 0.05) is 19.1 Å². The number of carbonyl (C=O) groups excluding carboxylic acids is 2. The Balaban J connectivity index is 1.73. The van der Waals surface area contributed by atoms with E-state index < -0.39 is 0 Å². The first-order chi connectivity index (χ1) is 15.3. The van der Waals surface area contributed by atoms with E-state index >= 15 is 0 Å². The largest absolute Gasteiger partial charge is 0.497 e. The summed E-state index contributed by atoms with van der Waals surface area (Å²) in [5.74, 6) is 1.25. The average molecular weight is 448 g/mol. The number of piperidine rings is 1. The second kappa shape index (κ2) is 13.4. The molecule has 1 heterocycles. The summed E-state index contributed by atoms with van der Waals surface area (Å²) in [6, 6.07) is 7.80. The maximum Gasteiger partial charge on any atom is 0.234 e. The Hall–Kier alpha value is -2.12. The van der Waals surface area contributed by atoms with E-state index in [0.29, 0.717) is 19.7 Å². The minimum atomic E-state index is -0.0450. The second-order valence-corrected chi connectivity index (χ2v) is 9.18. The summed E-state index contributed by atoms with van der Waals surface area (Å²) < 4.78 is 10.7. The lowest BCUT2D eigenvalue weighted by Crippen LogP contribution is -2.45. The number of nitrogens with one attached hydrogen (secondary N) is 2. The Bertz CT molecular complexity index is 698. The molecule has 180 valence electrons. The monoisotopic (exact) mass is 447 g/mol. The molecule has 0 bridgehead atoms. The fraction of sp³-hybridized carbons (Fsp3) is 0.680. The van der Waals surface area contributed by atoms with Crippen LogP contribution in [0.5, 0.6) is 5.75 Å². The number of carbonyl (C=O) groups is 2. The van der Waals surface area contributed by atoms with Crippen molar-refractivity contribution in [2.45, 2.75) is 59.1 Å². The molecular formula is C25H41N3O4. The first kappa shape index (κ1) is 26.1. The summed E-state index contributed by atoms with van der Waals surface area (Å²) in [7, 11) is 1.65. The Labute approximate surface area is 193 Å². The molecule has 1 atom stereocenters. The van der Waals surface area contributed by atoms with Crippen molar-refractivity contribution in [3.05, 3.63) is 29.8 Å². The highest BCUT2D eigenvalue weighted by molar-refractivity contribution is 5.79. The van der Waals surface area contributed by atoms with Gasteiger partial charge in [0.2, 0.25) is 11.8 Å². The zero-order valence-electron chi connectivity index (χ0n) is 20.4. The highest BCUT2D eigenvalue weighted by atomic mass is 16.5. The standard InChI is InChI=1S/C25H41N3O4/c1-18(2)24(20-7-9-22(31-5)10-8-20)27-23(29)17-28-14-11-21(12-15-28)25(30)26-13-6-16-32-19(3)4/h7-10,18-19,21,24H,6,11-17H2,1-5H3,(H,26,30)(H,27,29)/t24-/m0/s1. The van der Waals surface area contributed by atoms with Gasteiger partial charge in [0.15, 0.2) is 0 Å². The Morgan fingerprint density at radius 2 is 1.75 bits per heavy atom. The lowest BCUT2D eigenvalue weighted by Gasteiger charge is -2.31. The summed E-state index contributed by atoms with van der Waals surface area (Å²) in [4.78, 5) is 27.2. The van der Waals surface area contributed by atoms with E-state index in [2.05, 4.69) is 29.4 Å². The summed E-state index contributed by atoms with van der Waals surface area (Å²) >= 11 is 0. The fourth-order valence-electron chi connectivity index (χ4n) is 3.97. The number of methoxy groups -OCH3 is 1. The molecule has 0 saturated carbocycles. The van der Waals surface area contributed by atoms with Crippen LogP contribution in [-0.4, -0.2) is 62.7 Å². The molecule has 0 radical (unpaired) electrons. The summed E-state index contributed by atoms with van der Waals surface area (Å²) in [6.07, 6.45) is 2.62. The van der Waals surface area contributed by atoms with Gasteiger partial charge in [-0.2, -0.15) is 0 Å². The number of rotatable bonds is 12. The van der Waals surface area contributed by atoms with Gasteiger partial charge in [0.1, 0.15) is 5.75 Å². The molecule has 1 aromatic carbocycles. The zero-order valence-corrected chi connectivity index (χ0v) is 20.4. The van der Waals surface area contributed by atoms with Crippen LogP contribution in [0, 0.1) is 11.8 Å². The van der Waals surface area contributed by atoms with E-state index in [-0.39, 0.29) is 35.8 Å². The topological polar surface area (TPSA) is 79.9 Å². The molecule has 1 aliphatic rings. The molecular weight excluding hydrogens is 406 g/mol. The van der Waals surface area contributed by atoms with E-state index in [0.717, 1.165) is 43.7 Å². The fourth-order valence-corrected chi connectivity index (χ4v) is 3.97. The zero-order chi connectivity index (χ0) is 23.5. The molecule has 2 rings (SSSR count).